The molecule has 2 aromatic rings. The lowest BCUT2D eigenvalue weighted by molar-refractivity contribution is -0.137. The van der Waals surface area contributed by atoms with Crippen molar-refractivity contribution in [1.29, 1.82) is 5.26 Å². The highest BCUT2D eigenvalue weighted by Gasteiger charge is 2.43. The molecule has 1 unspecified atom stereocenters. The third-order valence-electron chi connectivity index (χ3n) is 3.91. The van der Waals surface area contributed by atoms with Gasteiger partial charge in [0, 0.05) is 13.0 Å². The lowest BCUT2D eigenvalue weighted by atomic mass is 10.00. The fourth-order valence-electron chi connectivity index (χ4n) is 2.74. The van der Waals surface area contributed by atoms with Gasteiger partial charge in [0.05, 0.1) is 35.6 Å². The molecule has 1 aliphatic heterocycles. The van der Waals surface area contributed by atoms with Crippen LogP contribution in [0.2, 0.25) is 0 Å². The first-order valence-corrected chi connectivity index (χ1v) is 6.78. The van der Waals surface area contributed by atoms with Crippen LogP contribution in [0.1, 0.15) is 23.2 Å². The number of benzene rings is 1. The van der Waals surface area contributed by atoms with Crippen molar-refractivity contribution in [2.75, 3.05) is 18.0 Å². The number of aromatic nitrogens is 3. The number of alkyl halides is 3. The molecule has 2 heterocycles. The van der Waals surface area contributed by atoms with Gasteiger partial charge in [-0.05, 0) is 18.2 Å². The van der Waals surface area contributed by atoms with Gasteiger partial charge in [0.2, 0.25) is 0 Å². The summed E-state index contributed by atoms with van der Waals surface area (Å²) in [5.41, 5.74) is -1.91. The second kappa shape index (κ2) is 5.24. The molecule has 1 aliphatic rings. The average Bonchev–Trinajstić information content (AvgIpc) is 3.16. The van der Waals surface area contributed by atoms with Gasteiger partial charge in [-0.1, -0.05) is 0 Å². The van der Waals surface area contributed by atoms with Crippen molar-refractivity contribution in [2.45, 2.75) is 18.2 Å². The Bertz CT molecular complexity index is 753. The monoisotopic (exact) mass is 323 g/mol. The van der Waals surface area contributed by atoms with Crippen molar-refractivity contribution in [1.82, 2.24) is 15.4 Å². The molecule has 0 spiro atoms. The second-order valence-corrected chi connectivity index (χ2v) is 5.40. The van der Waals surface area contributed by atoms with Crippen LogP contribution in [-0.4, -0.2) is 33.6 Å². The van der Waals surface area contributed by atoms with E-state index in [9.17, 15) is 18.3 Å². The van der Waals surface area contributed by atoms with Crippen LogP contribution in [0.5, 0.6) is 0 Å². The van der Waals surface area contributed by atoms with Gasteiger partial charge in [-0.2, -0.15) is 33.8 Å². The molecule has 23 heavy (non-hydrogen) atoms. The molecule has 0 aliphatic carbocycles. The van der Waals surface area contributed by atoms with Gasteiger partial charge in [-0.15, -0.1) is 0 Å². The Kier molecular flexibility index (Phi) is 3.49. The molecule has 0 saturated carbocycles. The molecule has 1 atom stereocenters. The highest BCUT2D eigenvalue weighted by atomic mass is 19.4. The summed E-state index contributed by atoms with van der Waals surface area (Å²) in [5.74, 6) is 0. The highest BCUT2D eigenvalue weighted by Crippen LogP contribution is 2.41. The maximum absolute atomic E-state index is 13.2. The fourth-order valence-corrected chi connectivity index (χ4v) is 2.74. The number of nitriles is 1. The lowest BCUT2D eigenvalue weighted by Gasteiger charge is -2.25. The van der Waals surface area contributed by atoms with Crippen LogP contribution in [0, 0.1) is 11.3 Å². The number of H-pyrrole nitrogens is 1. The number of β-amino-alcohol motifs (C(OH)–C–C–N with tert-alkyl or cyclic N) is 1. The number of nitrogens with zero attached hydrogens (tertiary/aromatic N) is 4. The number of rotatable bonds is 2. The van der Waals surface area contributed by atoms with Crippen molar-refractivity contribution in [2.24, 2.45) is 0 Å². The highest BCUT2D eigenvalue weighted by molar-refractivity contribution is 5.60. The van der Waals surface area contributed by atoms with Crippen LogP contribution in [0.3, 0.4) is 0 Å². The molecule has 1 saturated heterocycles. The number of halogens is 3. The predicted octanol–water partition coefficient (Wildman–Crippen LogP) is 1.79. The molecule has 3 rings (SSSR count). The van der Waals surface area contributed by atoms with Crippen molar-refractivity contribution in [3.05, 3.63) is 41.2 Å². The summed E-state index contributed by atoms with van der Waals surface area (Å²) < 4.78 is 39.6. The quantitative estimate of drug-likeness (QED) is 0.879. The Balaban J connectivity index is 1.98. The van der Waals surface area contributed by atoms with Crippen LogP contribution in [-0.2, 0) is 11.8 Å². The molecule has 2 N–H and O–H groups in total. The Morgan fingerprint density at radius 3 is 2.78 bits per heavy atom. The minimum absolute atomic E-state index is 0.0580. The Morgan fingerprint density at radius 1 is 1.39 bits per heavy atom. The van der Waals surface area contributed by atoms with Crippen LogP contribution in [0.25, 0.3) is 0 Å². The van der Waals surface area contributed by atoms with Gasteiger partial charge in [0.25, 0.3) is 0 Å². The number of anilines is 1. The van der Waals surface area contributed by atoms with E-state index in [-0.39, 0.29) is 36.5 Å². The predicted molar refractivity (Wildman–Crippen MR) is 73.3 cm³/mol. The summed E-state index contributed by atoms with van der Waals surface area (Å²) in [6.45, 7) is 0.152. The van der Waals surface area contributed by atoms with E-state index in [2.05, 4.69) is 15.4 Å². The first-order chi connectivity index (χ1) is 10.8. The standard InChI is InChI=1S/C14H12F3N5O/c15-14(16,17)10-2-1-9(6-18)5-11(10)22-4-3-13(23,8-22)12-7-19-21-20-12/h1-2,5,7,23H,3-4,8H2,(H,19,20,21). The molecular weight excluding hydrogens is 311 g/mol. The molecule has 6 nitrogen and oxygen atoms in total. The molecule has 0 bridgehead atoms. The minimum atomic E-state index is -4.54. The molecule has 1 aromatic carbocycles. The Labute approximate surface area is 129 Å². The van der Waals surface area contributed by atoms with Crippen LogP contribution < -0.4 is 4.90 Å². The van der Waals surface area contributed by atoms with Crippen molar-refractivity contribution in [3.63, 3.8) is 0 Å². The van der Waals surface area contributed by atoms with E-state index in [4.69, 9.17) is 5.26 Å². The number of aliphatic hydroxyl groups is 1. The number of nitrogens with one attached hydrogen (secondary N) is 1. The maximum Gasteiger partial charge on any atom is 0.418 e. The zero-order valence-electron chi connectivity index (χ0n) is 11.8. The van der Waals surface area contributed by atoms with E-state index >= 15 is 0 Å². The third-order valence-corrected chi connectivity index (χ3v) is 3.91. The first kappa shape index (κ1) is 15.3. The van der Waals surface area contributed by atoms with E-state index in [1.807, 2.05) is 6.07 Å². The fraction of sp³-hybridized carbons (Fsp3) is 0.357. The summed E-state index contributed by atoms with van der Waals surface area (Å²) in [7, 11) is 0. The second-order valence-electron chi connectivity index (χ2n) is 5.40. The van der Waals surface area contributed by atoms with E-state index in [1.165, 1.54) is 17.2 Å². The van der Waals surface area contributed by atoms with Crippen molar-refractivity contribution in [3.8, 4) is 6.07 Å². The molecule has 1 aromatic heterocycles. The molecular formula is C14H12F3N5O. The van der Waals surface area contributed by atoms with Gasteiger partial charge in [0.1, 0.15) is 11.3 Å². The Morgan fingerprint density at radius 2 is 2.17 bits per heavy atom. The van der Waals surface area contributed by atoms with E-state index in [1.54, 1.807) is 0 Å². The smallest absolute Gasteiger partial charge is 0.381 e. The van der Waals surface area contributed by atoms with Gasteiger partial charge < -0.3 is 10.0 Å². The molecule has 0 amide bonds. The summed E-state index contributed by atoms with van der Waals surface area (Å²) in [5, 5.41) is 29.3. The molecule has 0 radical (unpaired) electrons. The van der Waals surface area contributed by atoms with Gasteiger partial charge in [-0.25, -0.2) is 0 Å². The summed E-state index contributed by atoms with van der Waals surface area (Å²) in [4.78, 5) is 1.42. The van der Waals surface area contributed by atoms with Crippen LogP contribution in [0.4, 0.5) is 18.9 Å². The van der Waals surface area contributed by atoms with E-state index in [0.717, 1.165) is 12.1 Å². The zero-order chi connectivity index (χ0) is 16.7. The number of hydrogen-bond acceptors (Lipinski definition) is 5. The van der Waals surface area contributed by atoms with E-state index in [0.29, 0.717) is 0 Å². The average molecular weight is 323 g/mol. The SMILES string of the molecule is N#Cc1ccc(C(F)(F)F)c(N2CCC(O)(c3cn[nH]n3)C2)c1. The van der Waals surface area contributed by atoms with Crippen molar-refractivity contribution < 1.29 is 18.3 Å². The molecule has 9 heteroatoms. The largest absolute Gasteiger partial charge is 0.418 e. The summed E-state index contributed by atoms with van der Waals surface area (Å²) in [6, 6.07) is 5.05. The lowest BCUT2D eigenvalue weighted by Crippen LogP contribution is -2.32. The van der Waals surface area contributed by atoms with Crippen LogP contribution in [0.15, 0.2) is 24.4 Å². The zero-order valence-corrected chi connectivity index (χ0v) is 11.8. The third kappa shape index (κ3) is 2.73. The van der Waals surface area contributed by atoms with Crippen LogP contribution >= 0.6 is 0 Å². The van der Waals surface area contributed by atoms with Gasteiger partial charge >= 0.3 is 6.18 Å². The summed E-state index contributed by atoms with van der Waals surface area (Å²) in [6.07, 6.45) is -2.98. The molecule has 1 fully saturated rings. The van der Waals surface area contributed by atoms with E-state index < -0.39 is 17.3 Å². The molecule has 120 valence electrons. The minimum Gasteiger partial charge on any atom is -0.381 e. The maximum atomic E-state index is 13.2. The van der Waals surface area contributed by atoms with Crippen molar-refractivity contribution >= 4 is 5.69 Å². The normalized spacial score (nSPS) is 21.4. The number of aromatic amines is 1. The van der Waals surface area contributed by atoms with Gasteiger partial charge in [0.15, 0.2) is 0 Å². The van der Waals surface area contributed by atoms with Gasteiger partial charge in [-0.3, -0.25) is 0 Å². The summed E-state index contributed by atoms with van der Waals surface area (Å²) >= 11 is 0. The Hall–Kier alpha value is -2.60. The number of hydrogen-bond donors (Lipinski definition) is 2. The first-order valence-electron chi connectivity index (χ1n) is 6.78. The topological polar surface area (TPSA) is 88.8 Å².